The highest BCUT2D eigenvalue weighted by molar-refractivity contribution is 6.30. The molecule has 1 fully saturated rings. The molecule has 0 aliphatic carbocycles. The Morgan fingerprint density at radius 3 is 2.48 bits per heavy atom. The molecule has 2 aromatic rings. The van der Waals surface area contributed by atoms with Crippen LogP contribution in [0.2, 0.25) is 5.02 Å². The highest BCUT2D eigenvalue weighted by Gasteiger charge is 2.24. The molecular formula is C21H28ClN3O2+2. The molecule has 3 rings (SSSR count). The molecule has 1 saturated heterocycles. The highest BCUT2D eigenvalue weighted by Crippen LogP contribution is 2.10. The number of ether oxygens (including phenoxy) is 1. The first-order chi connectivity index (χ1) is 13.2. The zero-order valence-corrected chi connectivity index (χ0v) is 16.3. The van der Waals surface area contributed by atoms with E-state index in [-0.39, 0.29) is 5.91 Å². The summed E-state index contributed by atoms with van der Waals surface area (Å²) in [5.74, 6) is 1.03. The van der Waals surface area contributed by atoms with Crippen LogP contribution in [0.15, 0.2) is 54.6 Å². The third-order valence-corrected chi connectivity index (χ3v) is 5.16. The lowest BCUT2D eigenvalue weighted by Crippen LogP contribution is -3.28. The molecule has 144 valence electrons. The van der Waals surface area contributed by atoms with Crippen LogP contribution in [0.1, 0.15) is 5.56 Å². The van der Waals surface area contributed by atoms with Crippen molar-refractivity contribution >= 4 is 17.5 Å². The number of hydrogen-bond donors (Lipinski definition) is 3. The van der Waals surface area contributed by atoms with Crippen LogP contribution in [0.4, 0.5) is 0 Å². The standard InChI is InChI=1S/C21H26ClN3O2/c22-19-6-4-5-18(15-19)16-23-21(26)17-25-11-9-24(10-12-25)13-14-27-20-7-2-1-3-8-20/h1-8,15H,9-14,16-17H2,(H,23,26)/p+2. The van der Waals surface area contributed by atoms with Gasteiger partial charge in [-0.25, -0.2) is 0 Å². The number of hydrogen-bond acceptors (Lipinski definition) is 2. The normalized spacial score (nSPS) is 19.4. The predicted molar refractivity (Wildman–Crippen MR) is 106 cm³/mol. The third-order valence-electron chi connectivity index (χ3n) is 4.92. The van der Waals surface area contributed by atoms with Crippen LogP contribution in [-0.2, 0) is 11.3 Å². The molecule has 27 heavy (non-hydrogen) atoms. The lowest BCUT2D eigenvalue weighted by molar-refractivity contribution is -1.01. The molecule has 0 saturated carbocycles. The molecule has 5 nitrogen and oxygen atoms in total. The number of benzene rings is 2. The maximum Gasteiger partial charge on any atom is 0.275 e. The predicted octanol–water partition coefficient (Wildman–Crippen LogP) is -0.181. The van der Waals surface area contributed by atoms with Crippen molar-refractivity contribution < 1.29 is 19.3 Å². The van der Waals surface area contributed by atoms with E-state index in [2.05, 4.69) is 5.32 Å². The molecule has 1 heterocycles. The van der Waals surface area contributed by atoms with Gasteiger partial charge in [-0.05, 0) is 29.8 Å². The number of rotatable bonds is 8. The van der Waals surface area contributed by atoms with Crippen molar-refractivity contribution in [1.29, 1.82) is 0 Å². The second-order valence-corrected chi connectivity index (χ2v) is 7.43. The van der Waals surface area contributed by atoms with Gasteiger partial charge >= 0.3 is 0 Å². The summed E-state index contributed by atoms with van der Waals surface area (Å²) < 4.78 is 5.78. The maximum absolute atomic E-state index is 12.2. The number of para-hydroxylation sites is 1. The first-order valence-corrected chi connectivity index (χ1v) is 9.93. The molecule has 0 unspecified atom stereocenters. The number of nitrogens with one attached hydrogen (secondary N) is 3. The lowest BCUT2D eigenvalue weighted by Gasteiger charge is -2.29. The zero-order valence-electron chi connectivity index (χ0n) is 15.5. The van der Waals surface area contributed by atoms with Crippen LogP contribution in [0.25, 0.3) is 0 Å². The van der Waals surface area contributed by atoms with Crippen LogP contribution >= 0.6 is 11.6 Å². The van der Waals surface area contributed by atoms with Crippen LogP contribution in [0.3, 0.4) is 0 Å². The Morgan fingerprint density at radius 1 is 1.00 bits per heavy atom. The number of carbonyl (C=O) groups is 1. The zero-order chi connectivity index (χ0) is 18.9. The van der Waals surface area contributed by atoms with Crippen LogP contribution in [0.5, 0.6) is 5.75 Å². The summed E-state index contributed by atoms with van der Waals surface area (Å²) in [5, 5.41) is 3.69. The maximum atomic E-state index is 12.2. The van der Waals surface area contributed by atoms with E-state index in [9.17, 15) is 4.79 Å². The molecule has 0 spiro atoms. The van der Waals surface area contributed by atoms with E-state index in [1.807, 2.05) is 54.6 Å². The van der Waals surface area contributed by atoms with E-state index < -0.39 is 0 Å². The summed E-state index contributed by atoms with van der Waals surface area (Å²) in [6.07, 6.45) is 0. The lowest BCUT2D eigenvalue weighted by atomic mass is 10.2. The second-order valence-electron chi connectivity index (χ2n) is 6.99. The first kappa shape index (κ1) is 19.7. The Hall–Kier alpha value is -2.08. The monoisotopic (exact) mass is 389 g/mol. The third kappa shape index (κ3) is 6.86. The first-order valence-electron chi connectivity index (χ1n) is 9.55. The van der Waals surface area contributed by atoms with Crippen molar-refractivity contribution in [3.05, 3.63) is 65.2 Å². The van der Waals surface area contributed by atoms with Gasteiger partial charge in [-0.2, -0.15) is 0 Å². The van der Waals surface area contributed by atoms with Gasteiger partial charge in [0.1, 0.15) is 45.1 Å². The minimum Gasteiger partial charge on any atom is -0.488 e. The Labute approximate surface area is 165 Å². The molecule has 2 aromatic carbocycles. The molecular weight excluding hydrogens is 362 g/mol. The summed E-state index contributed by atoms with van der Waals surface area (Å²) >= 11 is 5.97. The van der Waals surface area contributed by atoms with Crippen molar-refractivity contribution in [2.45, 2.75) is 6.54 Å². The van der Waals surface area contributed by atoms with Crippen LogP contribution in [-0.4, -0.2) is 51.8 Å². The fraction of sp³-hybridized carbons (Fsp3) is 0.381. The fourth-order valence-corrected chi connectivity index (χ4v) is 3.56. The molecule has 0 aromatic heterocycles. The quantitative estimate of drug-likeness (QED) is 0.586. The largest absolute Gasteiger partial charge is 0.488 e. The second kappa shape index (κ2) is 10.3. The van der Waals surface area contributed by atoms with Gasteiger partial charge in [-0.1, -0.05) is 41.9 Å². The van der Waals surface area contributed by atoms with E-state index in [4.69, 9.17) is 16.3 Å². The average Bonchev–Trinajstić information content (AvgIpc) is 2.69. The van der Waals surface area contributed by atoms with E-state index in [1.165, 1.54) is 4.90 Å². The fourth-order valence-electron chi connectivity index (χ4n) is 3.35. The Bertz CT molecular complexity index is 718. The average molecular weight is 390 g/mol. The molecule has 0 atom stereocenters. The van der Waals surface area contributed by atoms with Crippen molar-refractivity contribution in [1.82, 2.24) is 5.32 Å². The van der Waals surface area contributed by atoms with Crippen molar-refractivity contribution in [2.24, 2.45) is 0 Å². The van der Waals surface area contributed by atoms with Gasteiger partial charge in [0.2, 0.25) is 0 Å². The van der Waals surface area contributed by atoms with Crippen LogP contribution in [0, 0.1) is 0 Å². The van der Waals surface area contributed by atoms with E-state index in [0.717, 1.165) is 50.6 Å². The van der Waals surface area contributed by atoms with Crippen LogP contribution < -0.4 is 19.9 Å². The summed E-state index contributed by atoms with van der Waals surface area (Å²) in [5.41, 5.74) is 1.03. The molecule has 0 bridgehead atoms. The Kier molecular flexibility index (Phi) is 7.51. The van der Waals surface area contributed by atoms with Crippen molar-refractivity contribution in [3.8, 4) is 5.75 Å². The Morgan fingerprint density at radius 2 is 1.74 bits per heavy atom. The number of amides is 1. The Balaban J connectivity index is 1.30. The minimum atomic E-state index is 0.0980. The number of piperazine rings is 1. The topological polar surface area (TPSA) is 47.2 Å². The van der Waals surface area contributed by atoms with Crippen molar-refractivity contribution in [2.75, 3.05) is 45.9 Å². The number of carbonyl (C=O) groups excluding carboxylic acids is 1. The summed E-state index contributed by atoms with van der Waals surface area (Å²) in [4.78, 5) is 15.1. The summed E-state index contributed by atoms with van der Waals surface area (Å²) in [6.45, 7) is 6.99. The summed E-state index contributed by atoms with van der Waals surface area (Å²) in [7, 11) is 0. The van der Waals surface area contributed by atoms with E-state index in [0.29, 0.717) is 18.1 Å². The van der Waals surface area contributed by atoms with Gasteiger partial charge in [-0.15, -0.1) is 0 Å². The summed E-state index contributed by atoms with van der Waals surface area (Å²) in [6, 6.07) is 17.5. The van der Waals surface area contributed by atoms with Gasteiger partial charge < -0.3 is 19.9 Å². The molecule has 1 amide bonds. The number of halogens is 1. The SMILES string of the molecule is O=C(C[NH+]1CC[NH+](CCOc2ccccc2)CC1)NCc1cccc(Cl)c1. The smallest absolute Gasteiger partial charge is 0.275 e. The van der Waals surface area contributed by atoms with Gasteiger partial charge in [0.05, 0.1) is 0 Å². The van der Waals surface area contributed by atoms with E-state index >= 15 is 0 Å². The molecule has 6 heteroatoms. The number of quaternary nitrogens is 2. The van der Waals surface area contributed by atoms with Crippen molar-refractivity contribution in [3.63, 3.8) is 0 Å². The van der Waals surface area contributed by atoms with Gasteiger partial charge in [0.25, 0.3) is 5.91 Å². The minimum absolute atomic E-state index is 0.0980. The van der Waals surface area contributed by atoms with Gasteiger partial charge in [0.15, 0.2) is 6.54 Å². The molecule has 1 aliphatic rings. The van der Waals surface area contributed by atoms with Gasteiger partial charge in [-0.3, -0.25) is 4.79 Å². The molecule has 3 N–H and O–H groups in total. The molecule has 0 radical (unpaired) electrons. The van der Waals surface area contributed by atoms with Gasteiger partial charge in [0, 0.05) is 11.6 Å². The highest BCUT2D eigenvalue weighted by atomic mass is 35.5. The van der Waals surface area contributed by atoms with E-state index in [1.54, 1.807) is 4.90 Å². The molecule has 1 aliphatic heterocycles.